The van der Waals surface area contributed by atoms with E-state index in [0.29, 0.717) is 6.54 Å². The Morgan fingerprint density at radius 2 is 1.54 bits per heavy atom. The van der Waals surface area contributed by atoms with E-state index in [1.54, 1.807) is 14.0 Å². The fraction of sp³-hybridized carbons (Fsp3) is 0.429. The largest absolute Gasteiger partial charge is 0.497 e. The molecule has 0 aliphatic rings. The van der Waals surface area contributed by atoms with Crippen LogP contribution >= 0.6 is 12.4 Å². The van der Waals surface area contributed by atoms with Gasteiger partial charge in [0, 0.05) is 12.1 Å². The van der Waals surface area contributed by atoms with Crippen molar-refractivity contribution < 1.29 is 14.6 Å². The molecule has 2 N–H and O–H groups in total. The van der Waals surface area contributed by atoms with Crippen molar-refractivity contribution in [3.8, 4) is 11.5 Å². The molecular formula is C21H30ClNO3. The standard InChI is InChI=1S/C21H29NO3.ClH/c1-20(2,14-17-10-12-18(24-4)13-11-17)22-15-21(3,23)16-25-19-8-6-5-7-9-19;/h5-13,22-23H,14-16H2,1-4H3;1H. The normalized spacial score (nSPS) is 13.4. The predicted molar refractivity (Wildman–Crippen MR) is 109 cm³/mol. The molecule has 26 heavy (non-hydrogen) atoms. The Morgan fingerprint density at radius 1 is 0.923 bits per heavy atom. The first kappa shape index (κ1) is 22.3. The summed E-state index contributed by atoms with van der Waals surface area (Å²) in [6.07, 6.45) is 0.854. The van der Waals surface area contributed by atoms with Gasteiger partial charge < -0.3 is 19.9 Å². The van der Waals surface area contributed by atoms with Gasteiger partial charge in [-0.05, 0) is 57.0 Å². The topological polar surface area (TPSA) is 50.7 Å². The molecule has 0 fully saturated rings. The maximum Gasteiger partial charge on any atom is 0.119 e. The molecule has 0 spiro atoms. The van der Waals surface area contributed by atoms with Crippen molar-refractivity contribution in [1.29, 1.82) is 0 Å². The van der Waals surface area contributed by atoms with Crippen molar-refractivity contribution in [2.75, 3.05) is 20.3 Å². The second-order valence-corrected chi connectivity index (χ2v) is 7.36. The molecule has 0 bridgehead atoms. The highest BCUT2D eigenvalue weighted by molar-refractivity contribution is 5.85. The molecule has 0 radical (unpaired) electrons. The Labute approximate surface area is 162 Å². The molecule has 2 aromatic carbocycles. The minimum atomic E-state index is -0.951. The number of hydrogen-bond acceptors (Lipinski definition) is 4. The summed E-state index contributed by atoms with van der Waals surface area (Å²) in [6, 6.07) is 17.6. The van der Waals surface area contributed by atoms with Crippen LogP contribution in [-0.4, -0.2) is 36.5 Å². The van der Waals surface area contributed by atoms with E-state index in [2.05, 4.69) is 31.3 Å². The Balaban J connectivity index is 0.00000338. The van der Waals surface area contributed by atoms with Gasteiger partial charge in [-0.2, -0.15) is 0 Å². The highest BCUT2D eigenvalue weighted by Crippen LogP contribution is 2.18. The second kappa shape index (κ2) is 9.81. The lowest BCUT2D eigenvalue weighted by Gasteiger charge is -2.32. The van der Waals surface area contributed by atoms with Crippen molar-refractivity contribution in [3.63, 3.8) is 0 Å². The molecule has 0 saturated carbocycles. The number of aliphatic hydroxyl groups is 1. The summed E-state index contributed by atoms with van der Waals surface area (Å²) in [5, 5.41) is 14.0. The first-order valence-corrected chi connectivity index (χ1v) is 8.58. The minimum Gasteiger partial charge on any atom is -0.497 e. The van der Waals surface area contributed by atoms with Gasteiger partial charge in [-0.1, -0.05) is 30.3 Å². The number of nitrogens with one attached hydrogen (secondary N) is 1. The SMILES string of the molecule is COc1ccc(CC(C)(C)NCC(C)(O)COc2ccccc2)cc1.Cl. The van der Waals surface area contributed by atoms with Gasteiger partial charge >= 0.3 is 0 Å². The Morgan fingerprint density at radius 3 is 2.12 bits per heavy atom. The van der Waals surface area contributed by atoms with Crippen LogP contribution in [0.3, 0.4) is 0 Å². The molecule has 4 nitrogen and oxygen atoms in total. The summed E-state index contributed by atoms with van der Waals surface area (Å²) in [5.74, 6) is 1.62. The Kier molecular flexibility index (Phi) is 8.41. The molecule has 5 heteroatoms. The smallest absolute Gasteiger partial charge is 0.119 e. The molecule has 0 aliphatic carbocycles. The van der Waals surface area contributed by atoms with E-state index < -0.39 is 5.60 Å². The van der Waals surface area contributed by atoms with E-state index in [4.69, 9.17) is 9.47 Å². The number of para-hydroxylation sites is 1. The van der Waals surface area contributed by atoms with Crippen LogP contribution < -0.4 is 14.8 Å². The van der Waals surface area contributed by atoms with Gasteiger partial charge in [0.2, 0.25) is 0 Å². The molecule has 0 aliphatic heterocycles. The number of benzene rings is 2. The summed E-state index contributed by atoms with van der Waals surface area (Å²) in [6.45, 7) is 6.73. The van der Waals surface area contributed by atoms with Gasteiger partial charge in [0.05, 0.1) is 7.11 Å². The van der Waals surface area contributed by atoms with Crippen LogP contribution in [0.4, 0.5) is 0 Å². The summed E-state index contributed by atoms with van der Waals surface area (Å²) < 4.78 is 10.9. The van der Waals surface area contributed by atoms with Crippen molar-refractivity contribution in [2.24, 2.45) is 0 Å². The zero-order valence-corrected chi connectivity index (χ0v) is 16.8. The number of hydrogen-bond donors (Lipinski definition) is 2. The van der Waals surface area contributed by atoms with Gasteiger partial charge in [0.15, 0.2) is 0 Å². The molecule has 2 aromatic rings. The Hall–Kier alpha value is -1.75. The molecule has 0 heterocycles. The van der Waals surface area contributed by atoms with E-state index >= 15 is 0 Å². The van der Waals surface area contributed by atoms with Gasteiger partial charge in [-0.3, -0.25) is 0 Å². The molecule has 0 amide bonds. The Bertz CT molecular complexity index is 642. The van der Waals surface area contributed by atoms with Crippen LogP contribution in [0.25, 0.3) is 0 Å². The third kappa shape index (κ3) is 7.65. The molecule has 2 rings (SSSR count). The number of halogens is 1. The monoisotopic (exact) mass is 379 g/mol. The van der Waals surface area contributed by atoms with Gasteiger partial charge in [0.1, 0.15) is 23.7 Å². The molecule has 1 atom stereocenters. The van der Waals surface area contributed by atoms with Crippen LogP contribution in [0, 0.1) is 0 Å². The van der Waals surface area contributed by atoms with Crippen molar-refractivity contribution in [3.05, 3.63) is 60.2 Å². The second-order valence-electron chi connectivity index (χ2n) is 7.36. The van der Waals surface area contributed by atoms with Gasteiger partial charge in [0.25, 0.3) is 0 Å². The van der Waals surface area contributed by atoms with Crippen molar-refractivity contribution >= 4 is 12.4 Å². The van der Waals surface area contributed by atoms with Crippen molar-refractivity contribution in [2.45, 2.75) is 38.3 Å². The first-order chi connectivity index (χ1) is 11.8. The lowest BCUT2D eigenvalue weighted by Crippen LogP contribution is -2.51. The third-order valence-corrected chi connectivity index (χ3v) is 4.05. The number of ether oxygens (including phenoxy) is 2. The number of rotatable bonds is 9. The third-order valence-electron chi connectivity index (χ3n) is 4.05. The van der Waals surface area contributed by atoms with Crippen LogP contribution in [0.15, 0.2) is 54.6 Å². The average molecular weight is 380 g/mol. The summed E-state index contributed by atoms with van der Waals surface area (Å²) in [4.78, 5) is 0. The average Bonchev–Trinajstić information content (AvgIpc) is 2.60. The van der Waals surface area contributed by atoms with Crippen LogP contribution in [0.2, 0.25) is 0 Å². The summed E-state index contributed by atoms with van der Waals surface area (Å²) >= 11 is 0. The van der Waals surface area contributed by atoms with Crippen molar-refractivity contribution in [1.82, 2.24) is 5.32 Å². The number of methoxy groups -OCH3 is 1. The van der Waals surface area contributed by atoms with E-state index in [1.165, 1.54) is 5.56 Å². The molecule has 0 aromatic heterocycles. The fourth-order valence-corrected chi connectivity index (χ4v) is 2.55. The van der Waals surface area contributed by atoms with Crippen LogP contribution in [0.1, 0.15) is 26.3 Å². The highest BCUT2D eigenvalue weighted by Gasteiger charge is 2.26. The van der Waals surface area contributed by atoms with E-state index in [1.807, 2.05) is 42.5 Å². The van der Waals surface area contributed by atoms with Crippen LogP contribution in [0.5, 0.6) is 11.5 Å². The lowest BCUT2D eigenvalue weighted by molar-refractivity contribution is 0.00698. The maximum absolute atomic E-state index is 10.6. The van der Waals surface area contributed by atoms with E-state index in [0.717, 1.165) is 17.9 Å². The van der Waals surface area contributed by atoms with Gasteiger partial charge in [-0.25, -0.2) is 0 Å². The van der Waals surface area contributed by atoms with Crippen LogP contribution in [-0.2, 0) is 6.42 Å². The van der Waals surface area contributed by atoms with E-state index in [-0.39, 0.29) is 24.6 Å². The molecule has 144 valence electrons. The fourth-order valence-electron chi connectivity index (χ4n) is 2.55. The number of β-amino-alcohol motifs (C(OH)–C–C–N with tert-alkyl or cyclic N) is 1. The van der Waals surface area contributed by atoms with Gasteiger partial charge in [-0.15, -0.1) is 12.4 Å². The first-order valence-electron chi connectivity index (χ1n) is 8.58. The zero-order valence-electron chi connectivity index (χ0n) is 16.0. The summed E-state index contributed by atoms with van der Waals surface area (Å²) in [5.41, 5.74) is 0.122. The highest BCUT2D eigenvalue weighted by atomic mass is 35.5. The predicted octanol–water partition coefficient (Wildman–Crippen LogP) is 3.86. The molecule has 1 unspecified atom stereocenters. The maximum atomic E-state index is 10.6. The minimum absolute atomic E-state index is 0. The molecular weight excluding hydrogens is 350 g/mol. The lowest BCUT2D eigenvalue weighted by atomic mass is 9.93. The molecule has 0 saturated heterocycles. The summed E-state index contributed by atoms with van der Waals surface area (Å²) in [7, 11) is 1.67. The van der Waals surface area contributed by atoms with E-state index in [9.17, 15) is 5.11 Å². The zero-order chi connectivity index (χ0) is 18.3. The quantitative estimate of drug-likeness (QED) is 0.694.